The maximum absolute atomic E-state index is 11.3. The number of hydrogen-bond donors (Lipinski definition) is 1. The second-order valence-electron chi connectivity index (χ2n) is 2.89. The topological polar surface area (TPSA) is 59.4 Å². The monoisotopic (exact) mass is 215 g/mol. The summed E-state index contributed by atoms with van der Waals surface area (Å²) in [6.07, 6.45) is 1.31. The number of aliphatic hydroxyl groups excluding tert-OH is 1. The van der Waals surface area contributed by atoms with Crippen LogP contribution in [0.15, 0.2) is 11.7 Å². The first-order chi connectivity index (χ1) is 6.70. The maximum atomic E-state index is 11.3. The SMILES string of the molecule is CCC(C(=O)OC)C(O)c1cncs1. The molecule has 4 nitrogen and oxygen atoms in total. The van der Waals surface area contributed by atoms with Crippen LogP contribution >= 0.6 is 11.3 Å². The zero-order chi connectivity index (χ0) is 10.6. The predicted molar refractivity (Wildman–Crippen MR) is 52.9 cm³/mol. The van der Waals surface area contributed by atoms with Gasteiger partial charge in [0.15, 0.2) is 0 Å². The first-order valence-electron chi connectivity index (χ1n) is 4.35. The van der Waals surface area contributed by atoms with Crippen LogP contribution in [-0.2, 0) is 9.53 Å². The molecule has 2 unspecified atom stereocenters. The van der Waals surface area contributed by atoms with Gasteiger partial charge in [-0.2, -0.15) is 0 Å². The Morgan fingerprint density at radius 1 is 1.79 bits per heavy atom. The zero-order valence-corrected chi connectivity index (χ0v) is 8.95. The van der Waals surface area contributed by atoms with Crippen LogP contribution in [0.25, 0.3) is 0 Å². The fraction of sp³-hybridized carbons (Fsp3) is 0.556. The van der Waals surface area contributed by atoms with Gasteiger partial charge < -0.3 is 9.84 Å². The van der Waals surface area contributed by atoms with Gasteiger partial charge in [0.05, 0.1) is 23.4 Å². The molecule has 0 aliphatic rings. The highest BCUT2D eigenvalue weighted by molar-refractivity contribution is 7.09. The summed E-state index contributed by atoms with van der Waals surface area (Å²) >= 11 is 1.33. The van der Waals surface area contributed by atoms with Crippen LogP contribution in [0.5, 0.6) is 0 Å². The Labute approximate surface area is 86.6 Å². The molecule has 14 heavy (non-hydrogen) atoms. The van der Waals surface area contributed by atoms with Crippen molar-refractivity contribution in [2.75, 3.05) is 7.11 Å². The zero-order valence-electron chi connectivity index (χ0n) is 8.14. The molecular weight excluding hydrogens is 202 g/mol. The Hall–Kier alpha value is -0.940. The smallest absolute Gasteiger partial charge is 0.311 e. The minimum Gasteiger partial charge on any atom is -0.469 e. The maximum Gasteiger partial charge on any atom is 0.311 e. The third-order valence-electron chi connectivity index (χ3n) is 2.07. The summed E-state index contributed by atoms with van der Waals surface area (Å²) in [7, 11) is 1.32. The van der Waals surface area contributed by atoms with Gasteiger partial charge in [0.1, 0.15) is 6.10 Å². The van der Waals surface area contributed by atoms with Crippen LogP contribution in [0.2, 0.25) is 0 Å². The third kappa shape index (κ3) is 2.30. The van der Waals surface area contributed by atoms with Crippen molar-refractivity contribution in [3.8, 4) is 0 Å². The van der Waals surface area contributed by atoms with Crippen molar-refractivity contribution in [2.45, 2.75) is 19.4 Å². The Balaban J connectivity index is 2.75. The number of carbonyl (C=O) groups excluding carboxylic acids is 1. The molecule has 0 fully saturated rings. The van der Waals surface area contributed by atoms with E-state index < -0.39 is 12.0 Å². The van der Waals surface area contributed by atoms with Crippen molar-refractivity contribution in [3.63, 3.8) is 0 Å². The number of methoxy groups -OCH3 is 1. The largest absolute Gasteiger partial charge is 0.469 e. The minimum absolute atomic E-state index is 0.381. The summed E-state index contributed by atoms with van der Waals surface area (Å²) in [6, 6.07) is 0. The predicted octanol–water partition coefficient (Wildman–Crippen LogP) is 1.38. The van der Waals surface area contributed by atoms with Crippen molar-refractivity contribution in [3.05, 3.63) is 16.6 Å². The molecule has 0 aliphatic heterocycles. The van der Waals surface area contributed by atoms with Crippen LogP contribution in [0.4, 0.5) is 0 Å². The molecule has 1 aromatic heterocycles. The second-order valence-corrected chi connectivity index (χ2v) is 3.80. The van der Waals surface area contributed by atoms with Crippen LogP contribution in [0.3, 0.4) is 0 Å². The molecule has 0 radical (unpaired) electrons. The molecule has 0 amide bonds. The molecule has 0 bridgehead atoms. The first-order valence-corrected chi connectivity index (χ1v) is 5.23. The molecule has 1 rings (SSSR count). The van der Waals surface area contributed by atoms with E-state index >= 15 is 0 Å². The molecule has 0 aromatic carbocycles. The molecular formula is C9H13NO3S. The molecule has 0 spiro atoms. The summed E-state index contributed by atoms with van der Waals surface area (Å²) in [5.74, 6) is -0.881. The van der Waals surface area contributed by atoms with E-state index in [9.17, 15) is 9.90 Å². The normalized spacial score (nSPS) is 14.8. The average molecular weight is 215 g/mol. The van der Waals surface area contributed by atoms with E-state index in [1.807, 2.05) is 6.92 Å². The van der Waals surface area contributed by atoms with Gasteiger partial charge in [0.25, 0.3) is 0 Å². The molecule has 78 valence electrons. The molecule has 0 saturated heterocycles. The van der Waals surface area contributed by atoms with E-state index in [0.717, 1.165) is 0 Å². The number of hydrogen-bond acceptors (Lipinski definition) is 5. The third-order valence-corrected chi connectivity index (χ3v) is 2.91. The van der Waals surface area contributed by atoms with Crippen LogP contribution in [0, 0.1) is 5.92 Å². The van der Waals surface area contributed by atoms with Gasteiger partial charge in [-0.05, 0) is 6.42 Å². The number of esters is 1. The van der Waals surface area contributed by atoms with E-state index in [-0.39, 0.29) is 5.97 Å². The average Bonchev–Trinajstić information content (AvgIpc) is 2.71. The first kappa shape index (κ1) is 11.1. The fourth-order valence-corrected chi connectivity index (χ4v) is 1.91. The summed E-state index contributed by atoms with van der Waals surface area (Å²) < 4.78 is 4.61. The molecule has 0 saturated carbocycles. The van der Waals surface area contributed by atoms with Gasteiger partial charge in [0, 0.05) is 6.20 Å². The van der Waals surface area contributed by atoms with Gasteiger partial charge in [-0.1, -0.05) is 6.92 Å². The summed E-state index contributed by atoms with van der Waals surface area (Å²) in [4.78, 5) is 15.8. The van der Waals surface area contributed by atoms with Crippen LogP contribution in [-0.4, -0.2) is 23.2 Å². The van der Waals surface area contributed by atoms with E-state index in [0.29, 0.717) is 11.3 Å². The Kier molecular flexibility index (Phi) is 4.03. The summed E-state index contributed by atoms with van der Waals surface area (Å²) in [5.41, 5.74) is 1.63. The molecule has 5 heteroatoms. The van der Waals surface area contributed by atoms with Crippen molar-refractivity contribution >= 4 is 17.3 Å². The highest BCUT2D eigenvalue weighted by atomic mass is 32.1. The standard InChI is InChI=1S/C9H13NO3S/c1-3-6(9(12)13-2)8(11)7-4-10-5-14-7/h4-6,8,11H,3H2,1-2H3. The lowest BCUT2D eigenvalue weighted by Crippen LogP contribution is -2.22. The number of nitrogens with zero attached hydrogens (tertiary/aromatic N) is 1. The molecule has 1 heterocycles. The molecule has 0 aliphatic carbocycles. The van der Waals surface area contributed by atoms with Gasteiger partial charge >= 0.3 is 5.97 Å². The minimum atomic E-state index is -0.806. The Bertz CT molecular complexity index is 286. The van der Waals surface area contributed by atoms with Crippen molar-refractivity contribution < 1.29 is 14.6 Å². The fourth-order valence-electron chi connectivity index (χ4n) is 1.24. The van der Waals surface area contributed by atoms with Crippen LogP contribution in [0.1, 0.15) is 24.3 Å². The van der Waals surface area contributed by atoms with Gasteiger partial charge in [-0.3, -0.25) is 9.78 Å². The number of aliphatic hydroxyl groups is 1. The summed E-state index contributed by atoms with van der Waals surface area (Å²) in [5, 5.41) is 9.84. The number of carbonyl (C=O) groups is 1. The van der Waals surface area contributed by atoms with E-state index in [2.05, 4.69) is 9.72 Å². The number of aromatic nitrogens is 1. The highest BCUT2D eigenvalue weighted by Gasteiger charge is 2.27. The highest BCUT2D eigenvalue weighted by Crippen LogP contribution is 2.27. The van der Waals surface area contributed by atoms with Crippen molar-refractivity contribution in [2.24, 2.45) is 5.92 Å². The number of rotatable bonds is 4. The molecule has 2 atom stereocenters. The summed E-state index contributed by atoms with van der Waals surface area (Å²) in [6.45, 7) is 1.84. The lowest BCUT2D eigenvalue weighted by molar-refractivity contribution is -0.149. The molecule has 1 N–H and O–H groups in total. The lowest BCUT2D eigenvalue weighted by atomic mass is 9.99. The van der Waals surface area contributed by atoms with E-state index in [1.165, 1.54) is 18.4 Å². The molecule has 1 aromatic rings. The van der Waals surface area contributed by atoms with Crippen LogP contribution < -0.4 is 0 Å². The lowest BCUT2D eigenvalue weighted by Gasteiger charge is -2.17. The quantitative estimate of drug-likeness (QED) is 0.771. The second kappa shape index (κ2) is 5.07. The number of ether oxygens (including phenoxy) is 1. The Morgan fingerprint density at radius 3 is 2.93 bits per heavy atom. The van der Waals surface area contributed by atoms with Crippen molar-refractivity contribution in [1.29, 1.82) is 0 Å². The Morgan fingerprint density at radius 2 is 2.50 bits per heavy atom. The van der Waals surface area contributed by atoms with Gasteiger partial charge in [-0.15, -0.1) is 11.3 Å². The van der Waals surface area contributed by atoms with Gasteiger partial charge in [0.2, 0.25) is 0 Å². The number of thiazole rings is 1. The van der Waals surface area contributed by atoms with E-state index in [1.54, 1.807) is 11.7 Å². The van der Waals surface area contributed by atoms with Gasteiger partial charge in [-0.25, -0.2) is 0 Å². The van der Waals surface area contributed by atoms with Crippen molar-refractivity contribution in [1.82, 2.24) is 4.98 Å². The van der Waals surface area contributed by atoms with E-state index in [4.69, 9.17) is 0 Å².